The topological polar surface area (TPSA) is 160 Å². The van der Waals surface area contributed by atoms with Crippen molar-refractivity contribution in [1.82, 2.24) is 15.3 Å². The average Bonchev–Trinajstić information content (AvgIpc) is 3.44. The van der Waals surface area contributed by atoms with E-state index < -0.39 is 22.5 Å². The summed E-state index contributed by atoms with van der Waals surface area (Å²) in [6, 6.07) is 11.9. The number of rotatable bonds is 11. The Hall–Kier alpha value is -2.45. The zero-order valence-electron chi connectivity index (χ0n) is 18.9. The molecule has 12 heteroatoms. The van der Waals surface area contributed by atoms with Gasteiger partial charge in [0.25, 0.3) is 0 Å². The number of thiophene rings is 1. The van der Waals surface area contributed by atoms with Crippen LogP contribution in [-0.4, -0.2) is 47.4 Å². The van der Waals surface area contributed by atoms with E-state index in [4.69, 9.17) is 5.14 Å². The number of aromatic nitrogens is 2. The van der Waals surface area contributed by atoms with Gasteiger partial charge in [-0.2, -0.15) is 8.42 Å². The Labute approximate surface area is 208 Å². The van der Waals surface area contributed by atoms with Crippen molar-refractivity contribution in [3.63, 3.8) is 0 Å². The first-order valence-corrected chi connectivity index (χ1v) is 13.6. The van der Waals surface area contributed by atoms with E-state index in [1.807, 2.05) is 29.6 Å². The molecule has 2 unspecified atom stereocenters. The highest BCUT2D eigenvalue weighted by atomic mass is 32.2. The van der Waals surface area contributed by atoms with E-state index in [1.165, 1.54) is 23.2 Å². The monoisotopic (exact) mass is 519 g/mol. The Morgan fingerprint density at radius 1 is 1.20 bits per heavy atom. The molecule has 3 aromatic rings. The van der Waals surface area contributed by atoms with Crippen LogP contribution in [0.4, 0.5) is 5.82 Å². The fourth-order valence-corrected chi connectivity index (χ4v) is 5.45. The zero-order valence-corrected chi connectivity index (χ0v) is 20.6. The fourth-order valence-electron chi connectivity index (χ4n) is 4.17. The molecule has 0 radical (unpaired) electrons. The lowest BCUT2D eigenvalue weighted by Gasteiger charge is -2.18. The molecule has 4 atom stereocenters. The summed E-state index contributed by atoms with van der Waals surface area (Å²) in [5, 5.41) is 34.9. The van der Waals surface area contributed by atoms with E-state index in [2.05, 4.69) is 36.9 Å². The lowest BCUT2D eigenvalue weighted by molar-refractivity contribution is 0.101. The summed E-state index contributed by atoms with van der Waals surface area (Å²) in [4.78, 5) is 9.14. The SMILES string of the molecule is NS(=O)(=O)OCC1C[C@@H](Nc2ncncc2C(O)c2cc(CNCc3ccccc3)cs2)C[C@@H]1O. The largest absolute Gasteiger partial charge is 0.393 e. The van der Waals surface area contributed by atoms with E-state index in [0.717, 1.165) is 17.0 Å². The van der Waals surface area contributed by atoms with E-state index in [-0.39, 0.29) is 18.6 Å². The fraction of sp³-hybridized carbons (Fsp3) is 0.391. The predicted octanol–water partition coefficient (Wildman–Crippen LogP) is 1.68. The number of nitrogens with zero attached hydrogens (tertiary/aromatic N) is 2. The minimum absolute atomic E-state index is 0.180. The first-order valence-electron chi connectivity index (χ1n) is 11.2. The van der Waals surface area contributed by atoms with Gasteiger partial charge in [0, 0.05) is 41.7 Å². The normalized spacial score (nSPS) is 21.2. The molecule has 35 heavy (non-hydrogen) atoms. The van der Waals surface area contributed by atoms with E-state index >= 15 is 0 Å². The molecule has 188 valence electrons. The third kappa shape index (κ3) is 7.27. The zero-order chi connectivity index (χ0) is 24.8. The molecule has 1 aliphatic carbocycles. The summed E-state index contributed by atoms with van der Waals surface area (Å²) in [6.07, 6.45) is 2.15. The average molecular weight is 520 g/mol. The van der Waals surface area contributed by atoms with Gasteiger partial charge in [-0.15, -0.1) is 11.3 Å². The van der Waals surface area contributed by atoms with Crippen LogP contribution in [-0.2, 0) is 27.6 Å². The molecule has 1 fully saturated rings. The van der Waals surface area contributed by atoms with Crippen LogP contribution >= 0.6 is 11.3 Å². The summed E-state index contributed by atoms with van der Waals surface area (Å²) >= 11 is 1.46. The molecule has 0 bridgehead atoms. The van der Waals surface area contributed by atoms with Gasteiger partial charge >= 0.3 is 10.3 Å². The van der Waals surface area contributed by atoms with Crippen molar-refractivity contribution >= 4 is 27.5 Å². The second-order valence-corrected chi connectivity index (χ2v) is 10.8. The number of nitrogens with one attached hydrogen (secondary N) is 2. The van der Waals surface area contributed by atoms with Gasteiger partial charge in [-0.25, -0.2) is 15.1 Å². The van der Waals surface area contributed by atoms with Gasteiger partial charge in [0.05, 0.1) is 12.7 Å². The highest BCUT2D eigenvalue weighted by Crippen LogP contribution is 2.34. The van der Waals surface area contributed by atoms with Crippen LogP contribution in [0.3, 0.4) is 0 Å². The highest BCUT2D eigenvalue weighted by Gasteiger charge is 2.34. The Morgan fingerprint density at radius 2 is 1.97 bits per heavy atom. The molecule has 0 spiro atoms. The maximum absolute atomic E-state index is 11.1. The van der Waals surface area contributed by atoms with Gasteiger partial charge in [0.1, 0.15) is 18.2 Å². The molecule has 2 aromatic heterocycles. The van der Waals surface area contributed by atoms with Crippen molar-refractivity contribution in [1.29, 1.82) is 0 Å². The molecule has 1 saturated carbocycles. The lowest BCUT2D eigenvalue weighted by atomic mass is 10.1. The molecular weight excluding hydrogens is 490 g/mol. The van der Waals surface area contributed by atoms with Crippen LogP contribution in [0.15, 0.2) is 54.3 Å². The Bertz CT molecular complexity index is 1210. The summed E-state index contributed by atoms with van der Waals surface area (Å²) < 4.78 is 26.8. The standard InChI is InChI=1S/C23H29N5O5S2/c24-35(31,32)33-12-17-7-18(8-20(17)29)28-23-19(11-26-14-27-23)22(30)21-6-16(13-34-21)10-25-9-15-4-2-1-3-5-15/h1-6,11,13-14,17-18,20,22,25,29-30H,7-10,12H2,(H2,24,31,32)(H,26,27,28)/t17?,18-,20+,22?/m1/s1. The van der Waals surface area contributed by atoms with Gasteiger partial charge < -0.3 is 20.8 Å². The van der Waals surface area contributed by atoms with Gasteiger partial charge in [-0.1, -0.05) is 30.3 Å². The molecule has 0 amide bonds. The summed E-state index contributed by atoms with van der Waals surface area (Å²) in [5.41, 5.74) is 2.80. The molecule has 1 aliphatic rings. The summed E-state index contributed by atoms with van der Waals surface area (Å²) in [6.45, 7) is 1.25. The second-order valence-electron chi connectivity index (χ2n) is 8.59. The first kappa shape index (κ1) is 25.6. The van der Waals surface area contributed by atoms with Crippen molar-refractivity contribution in [2.45, 2.75) is 44.2 Å². The van der Waals surface area contributed by atoms with Crippen LogP contribution < -0.4 is 15.8 Å². The quantitative estimate of drug-likeness (QED) is 0.254. The van der Waals surface area contributed by atoms with Crippen molar-refractivity contribution in [3.05, 3.63) is 75.9 Å². The molecule has 0 saturated heterocycles. The van der Waals surface area contributed by atoms with Crippen LogP contribution in [0.25, 0.3) is 0 Å². The number of hydrogen-bond acceptors (Lipinski definition) is 10. The molecule has 1 aromatic carbocycles. The van der Waals surface area contributed by atoms with Gasteiger partial charge in [-0.3, -0.25) is 4.18 Å². The lowest BCUT2D eigenvalue weighted by Crippen LogP contribution is -2.24. The third-order valence-electron chi connectivity index (χ3n) is 5.92. The maximum Gasteiger partial charge on any atom is 0.333 e. The number of aliphatic hydroxyl groups excluding tert-OH is 2. The van der Waals surface area contributed by atoms with Crippen molar-refractivity contribution in [2.75, 3.05) is 11.9 Å². The maximum atomic E-state index is 11.1. The second kappa shape index (κ2) is 11.5. The highest BCUT2D eigenvalue weighted by molar-refractivity contribution is 7.84. The number of anilines is 1. The molecule has 2 heterocycles. The molecule has 6 N–H and O–H groups in total. The number of benzene rings is 1. The van der Waals surface area contributed by atoms with Crippen molar-refractivity contribution < 1.29 is 22.8 Å². The number of aliphatic hydroxyl groups is 2. The van der Waals surface area contributed by atoms with Crippen LogP contribution in [0.5, 0.6) is 0 Å². The molecule has 4 rings (SSSR count). The van der Waals surface area contributed by atoms with E-state index in [0.29, 0.717) is 30.8 Å². The predicted molar refractivity (Wildman–Crippen MR) is 133 cm³/mol. The Kier molecular flexibility index (Phi) is 8.44. The van der Waals surface area contributed by atoms with Crippen LogP contribution in [0.1, 0.15) is 40.5 Å². The number of hydrogen-bond donors (Lipinski definition) is 5. The van der Waals surface area contributed by atoms with E-state index in [9.17, 15) is 18.6 Å². The third-order valence-corrected chi connectivity index (χ3v) is 7.42. The molecule has 10 nitrogen and oxygen atoms in total. The van der Waals surface area contributed by atoms with Crippen LogP contribution in [0, 0.1) is 5.92 Å². The van der Waals surface area contributed by atoms with Gasteiger partial charge in [0.2, 0.25) is 0 Å². The molecule has 0 aliphatic heterocycles. The molecular formula is C23H29N5O5S2. The number of nitrogens with two attached hydrogens (primary N) is 1. The van der Waals surface area contributed by atoms with E-state index in [1.54, 1.807) is 6.20 Å². The van der Waals surface area contributed by atoms with Gasteiger partial charge in [0.15, 0.2) is 0 Å². The van der Waals surface area contributed by atoms with Crippen molar-refractivity contribution in [2.24, 2.45) is 11.1 Å². The minimum atomic E-state index is -4.07. The van der Waals surface area contributed by atoms with Crippen molar-refractivity contribution in [3.8, 4) is 0 Å². The Balaban J connectivity index is 1.36. The summed E-state index contributed by atoms with van der Waals surface area (Å²) in [5.74, 6) is 0.0825. The smallest absolute Gasteiger partial charge is 0.333 e. The first-order chi connectivity index (χ1) is 16.8. The van der Waals surface area contributed by atoms with Gasteiger partial charge in [-0.05, 0) is 35.4 Å². The summed E-state index contributed by atoms with van der Waals surface area (Å²) in [7, 11) is -4.07. The minimum Gasteiger partial charge on any atom is -0.393 e. The van der Waals surface area contributed by atoms with Crippen LogP contribution in [0.2, 0.25) is 0 Å². The Morgan fingerprint density at radius 3 is 2.74 bits per heavy atom.